The number of likely N-dealkylation sites (tertiary alicyclic amines) is 1. The quantitative estimate of drug-likeness (QED) is 0.358. The number of amides is 1. The maximum Gasteiger partial charge on any atom is 0.236 e. The van der Waals surface area contributed by atoms with Crippen molar-refractivity contribution in [3.05, 3.63) is 16.1 Å². The van der Waals surface area contributed by atoms with E-state index in [0.717, 1.165) is 63.8 Å². The first-order valence-electron chi connectivity index (χ1n) is 10.5. The van der Waals surface area contributed by atoms with Gasteiger partial charge in [-0.3, -0.25) is 14.7 Å². The fourth-order valence-corrected chi connectivity index (χ4v) is 4.56. The molecule has 1 aromatic heterocycles. The molecule has 2 aliphatic rings. The van der Waals surface area contributed by atoms with Gasteiger partial charge < -0.3 is 15.1 Å². The van der Waals surface area contributed by atoms with Gasteiger partial charge in [-0.1, -0.05) is 13.8 Å². The minimum absolute atomic E-state index is 0. The number of rotatable bonds is 5. The number of aromatic nitrogens is 1. The zero-order valence-electron chi connectivity index (χ0n) is 17.9. The molecule has 9 heteroatoms. The zero-order valence-corrected chi connectivity index (χ0v) is 21.0. The lowest BCUT2D eigenvalue weighted by atomic mass is 10.1. The summed E-state index contributed by atoms with van der Waals surface area (Å²) in [6, 6.07) is 0. The SMILES string of the molecule is CN=C(NCc1csc(C(C)C)n1)N1CCN(CC(=O)N2CCCCC2)CC1.I. The summed E-state index contributed by atoms with van der Waals surface area (Å²) in [5.74, 6) is 1.68. The topological polar surface area (TPSA) is 64.1 Å². The van der Waals surface area contributed by atoms with E-state index in [4.69, 9.17) is 0 Å². The van der Waals surface area contributed by atoms with E-state index in [0.29, 0.717) is 24.9 Å². The molecule has 3 heterocycles. The van der Waals surface area contributed by atoms with Crippen molar-refractivity contribution in [3.8, 4) is 0 Å². The Labute approximate surface area is 196 Å². The minimum Gasteiger partial charge on any atom is -0.351 e. The summed E-state index contributed by atoms with van der Waals surface area (Å²) in [6.07, 6.45) is 3.56. The lowest BCUT2D eigenvalue weighted by molar-refractivity contribution is -0.133. The number of piperidine rings is 1. The zero-order chi connectivity index (χ0) is 19.9. The molecule has 2 saturated heterocycles. The fraction of sp³-hybridized carbons (Fsp3) is 0.750. The number of thiazole rings is 1. The van der Waals surface area contributed by atoms with Gasteiger partial charge in [-0.2, -0.15) is 0 Å². The van der Waals surface area contributed by atoms with Crippen molar-refractivity contribution in [1.29, 1.82) is 0 Å². The molecule has 3 rings (SSSR count). The van der Waals surface area contributed by atoms with E-state index in [1.54, 1.807) is 11.3 Å². The molecule has 0 atom stereocenters. The summed E-state index contributed by atoms with van der Waals surface area (Å²) in [5, 5.41) is 6.75. The van der Waals surface area contributed by atoms with Crippen molar-refractivity contribution < 1.29 is 4.79 Å². The summed E-state index contributed by atoms with van der Waals surface area (Å²) in [7, 11) is 1.83. The van der Waals surface area contributed by atoms with E-state index < -0.39 is 0 Å². The molecule has 2 fully saturated rings. The van der Waals surface area contributed by atoms with Crippen LogP contribution in [0.2, 0.25) is 0 Å². The third kappa shape index (κ3) is 7.06. The second kappa shape index (κ2) is 12.0. The minimum atomic E-state index is 0. The highest BCUT2D eigenvalue weighted by molar-refractivity contribution is 14.0. The molecule has 164 valence electrons. The molecule has 1 N–H and O–H groups in total. The Morgan fingerprint density at radius 3 is 2.41 bits per heavy atom. The van der Waals surface area contributed by atoms with Crippen LogP contribution in [0.5, 0.6) is 0 Å². The van der Waals surface area contributed by atoms with Gasteiger partial charge in [-0.05, 0) is 19.3 Å². The third-order valence-electron chi connectivity index (χ3n) is 5.44. The third-order valence-corrected chi connectivity index (χ3v) is 6.64. The smallest absolute Gasteiger partial charge is 0.236 e. The largest absolute Gasteiger partial charge is 0.351 e. The van der Waals surface area contributed by atoms with Crippen LogP contribution in [0.3, 0.4) is 0 Å². The first-order valence-corrected chi connectivity index (χ1v) is 11.3. The molecule has 29 heavy (non-hydrogen) atoms. The van der Waals surface area contributed by atoms with E-state index in [1.807, 2.05) is 11.9 Å². The van der Waals surface area contributed by atoms with Gasteiger partial charge in [0.15, 0.2) is 5.96 Å². The summed E-state index contributed by atoms with van der Waals surface area (Å²) in [6.45, 7) is 11.0. The molecule has 0 aliphatic carbocycles. The fourth-order valence-electron chi connectivity index (χ4n) is 3.72. The highest BCUT2D eigenvalue weighted by Crippen LogP contribution is 2.19. The van der Waals surface area contributed by atoms with Gasteiger partial charge in [0.25, 0.3) is 0 Å². The molecular formula is C20H35IN6OS. The first-order chi connectivity index (χ1) is 13.6. The van der Waals surface area contributed by atoms with Crippen molar-refractivity contribution in [1.82, 2.24) is 25.0 Å². The Bertz CT molecular complexity index is 666. The molecule has 0 radical (unpaired) electrons. The van der Waals surface area contributed by atoms with E-state index in [2.05, 4.69) is 44.3 Å². The van der Waals surface area contributed by atoms with Gasteiger partial charge in [0.2, 0.25) is 5.91 Å². The van der Waals surface area contributed by atoms with E-state index in [1.165, 1.54) is 11.4 Å². The van der Waals surface area contributed by atoms with E-state index in [-0.39, 0.29) is 24.0 Å². The van der Waals surface area contributed by atoms with Crippen molar-refractivity contribution in [2.75, 3.05) is 52.9 Å². The molecule has 0 unspecified atom stereocenters. The van der Waals surface area contributed by atoms with Crippen LogP contribution in [0.1, 0.15) is 49.7 Å². The Morgan fingerprint density at radius 1 is 1.14 bits per heavy atom. The maximum absolute atomic E-state index is 12.5. The maximum atomic E-state index is 12.5. The molecule has 0 saturated carbocycles. The van der Waals surface area contributed by atoms with Crippen LogP contribution in [0.4, 0.5) is 0 Å². The van der Waals surface area contributed by atoms with Crippen molar-refractivity contribution in [2.45, 2.75) is 45.6 Å². The Hall–Kier alpha value is -0.940. The number of hydrogen-bond acceptors (Lipinski definition) is 5. The molecule has 1 aromatic rings. The van der Waals surface area contributed by atoms with Gasteiger partial charge in [0.1, 0.15) is 0 Å². The lowest BCUT2D eigenvalue weighted by Gasteiger charge is -2.37. The molecule has 0 spiro atoms. The van der Waals surface area contributed by atoms with Crippen LogP contribution in [0, 0.1) is 0 Å². The van der Waals surface area contributed by atoms with Crippen LogP contribution in [-0.2, 0) is 11.3 Å². The number of piperazine rings is 1. The van der Waals surface area contributed by atoms with Gasteiger partial charge >= 0.3 is 0 Å². The normalized spacial score (nSPS) is 18.7. The summed E-state index contributed by atoms with van der Waals surface area (Å²) in [4.78, 5) is 28.2. The number of aliphatic imine (C=N–C) groups is 1. The highest BCUT2D eigenvalue weighted by atomic mass is 127. The Kier molecular flexibility index (Phi) is 10.1. The first kappa shape index (κ1) is 24.3. The molecule has 7 nitrogen and oxygen atoms in total. The van der Waals surface area contributed by atoms with Crippen LogP contribution >= 0.6 is 35.3 Å². The number of guanidine groups is 1. The number of nitrogens with one attached hydrogen (secondary N) is 1. The summed E-state index contributed by atoms with van der Waals surface area (Å²) < 4.78 is 0. The Balaban J connectivity index is 0.00000300. The van der Waals surface area contributed by atoms with E-state index >= 15 is 0 Å². The summed E-state index contributed by atoms with van der Waals surface area (Å²) >= 11 is 1.72. The molecule has 2 aliphatic heterocycles. The molecular weight excluding hydrogens is 499 g/mol. The van der Waals surface area contributed by atoms with Gasteiger partial charge in [0, 0.05) is 57.6 Å². The van der Waals surface area contributed by atoms with E-state index in [9.17, 15) is 4.79 Å². The second-order valence-electron chi connectivity index (χ2n) is 7.94. The molecule has 1 amide bonds. The van der Waals surface area contributed by atoms with Crippen LogP contribution in [-0.4, -0.2) is 84.4 Å². The Morgan fingerprint density at radius 2 is 1.83 bits per heavy atom. The monoisotopic (exact) mass is 534 g/mol. The van der Waals surface area contributed by atoms with Gasteiger partial charge in [0.05, 0.1) is 23.8 Å². The average Bonchev–Trinajstić information content (AvgIpc) is 3.20. The number of carbonyl (C=O) groups is 1. The number of hydrogen-bond donors (Lipinski definition) is 1. The average molecular weight is 535 g/mol. The van der Waals surface area contributed by atoms with Crippen LogP contribution in [0.15, 0.2) is 10.4 Å². The predicted octanol–water partition coefficient (Wildman–Crippen LogP) is 2.59. The van der Waals surface area contributed by atoms with Gasteiger partial charge in [-0.15, -0.1) is 35.3 Å². The van der Waals surface area contributed by atoms with Crippen molar-refractivity contribution in [2.24, 2.45) is 4.99 Å². The lowest BCUT2D eigenvalue weighted by Crippen LogP contribution is -2.54. The number of halogens is 1. The van der Waals surface area contributed by atoms with Crippen LogP contribution in [0.25, 0.3) is 0 Å². The van der Waals surface area contributed by atoms with Crippen molar-refractivity contribution in [3.63, 3.8) is 0 Å². The predicted molar refractivity (Wildman–Crippen MR) is 130 cm³/mol. The number of carbonyl (C=O) groups excluding carboxylic acids is 1. The van der Waals surface area contributed by atoms with Crippen LogP contribution < -0.4 is 5.32 Å². The highest BCUT2D eigenvalue weighted by Gasteiger charge is 2.24. The van der Waals surface area contributed by atoms with Gasteiger partial charge in [-0.25, -0.2) is 4.98 Å². The summed E-state index contributed by atoms with van der Waals surface area (Å²) in [5.41, 5.74) is 1.07. The van der Waals surface area contributed by atoms with Crippen molar-refractivity contribution >= 4 is 47.2 Å². The number of nitrogens with zero attached hydrogens (tertiary/aromatic N) is 5. The second-order valence-corrected chi connectivity index (χ2v) is 8.83. The molecule has 0 bridgehead atoms. The standard InChI is InChI=1S/C20H34N6OS.HI/c1-16(2)19-23-17(15-28-19)13-22-20(21-3)26-11-9-24(10-12-26)14-18(27)25-7-5-4-6-8-25;/h15-16H,4-14H2,1-3H3,(H,21,22);1H. The molecule has 0 aromatic carbocycles.